The van der Waals surface area contributed by atoms with Crippen molar-refractivity contribution in [3.63, 3.8) is 0 Å². The Hall–Kier alpha value is -0.170. The molecule has 0 aromatic carbocycles. The Kier molecular flexibility index (Phi) is 2.10. The Morgan fingerprint density at radius 2 is 2.31 bits per heavy atom. The monoisotopic (exact) mass is 207 g/mol. The van der Waals surface area contributed by atoms with Crippen LogP contribution in [0.2, 0.25) is 0 Å². The van der Waals surface area contributed by atoms with Gasteiger partial charge in [0.2, 0.25) is 10.0 Å². The molecule has 2 atom stereocenters. The quantitative estimate of drug-likeness (QED) is 0.644. The second-order valence-corrected chi connectivity index (χ2v) is 5.38. The van der Waals surface area contributed by atoms with Gasteiger partial charge in [-0.25, -0.2) is 13.6 Å². The van der Waals surface area contributed by atoms with Gasteiger partial charge >= 0.3 is 0 Å². The third kappa shape index (κ3) is 2.01. The highest BCUT2D eigenvalue weighted by molar-refractivity contribution is 7.89. The molecule has 0 aliphatic carbocycles. The van der Waals surface area contributed by atoms with Crippen LogP contribution in [0.3, 0.4) is 0 Å². The van der Waals surface area contributed by atoms with Crippen LogP contribution in [-0.4, -0.2) is 39.1 Å². The molecule has 0 radical (unpaired) electrons. The summed E-state index contributed by atoms with van der Waals surface area (Å²) in [5, 5.41) is 4.98. The predicted octanol–water partition coefficient (Wildman–Crippen LogP) is -0.777. The molecule has 2 saturated heterocycles. The largest absolute Gasteiger partial charge is 0.375 e. The Labute approximate surface area is 77.2 Å². The molecule has 5 nitrogen and oxygen atoms in total. The van der Waals surface area contributed by atoms with Crippen LogP contribution in [-0.2, 0) is 19.5 Å². The molecule has 2 bridgehead atoms. The Morgan fingerprint density at radius 3 is 3.00 bits per heavy atom. The number of hydrogen-bond acceptors (Lipinski definition) is 4. The fraction of sp³-hybridized carbons (Fsp3) is 1.00. The number of fused-ring (bicyclic) bond motifs is 2. The maximum atomic E-state index is 10.9. The first-order valence-corrected chi connectivity index (χ1v) is 5.97. The van der Waals surface area contributed by atoms with Crippen LogP contribution in [0.4, 0.5) is 0 Å². The fourth-order valence-electron chi connectivity index (χ4n) is 2.00. The molecule has 2 fully saturated rings. The molecule has 2 aliphatic heterocycles. The Balaban J connectivity index is 2.12. The second kappa shape index (κ2) is 2.91. The molecule has 0 saturated carbocycles. The van der Waals surface area contributed by atoms with E-state index in [1.807, 2.05) is 0 Å². The molecule has 2 rings (SSSR count). The maximum absolute atomic E-state index is 10.9. The van der Waals surface area contributed by atoms with Crippen molar-refractivity contribution in [2.45, 2.75) is 24.5 Å². The number of sulfonamides is 1. The molecule has 2 heterocycles. The zero-order chi connectivity index (χ0) is 9.53. The van der Waals surface area contributed by atoms with Gasteiger partial charge in [-0.15, -0.1) is 0 Å². The van der Waals surface area contributed by atoms with Gasteiger partial charge in [0, 0.05) is 13.0 Å². The van der Waals surface area contributed by atoms with E-state index in [2.05, 4.69) is 0 Å². The van der Waals surface area contributed by atoms with Crippen molar-refractivity contribution in [3.05, 3.63) is 0 Å². The van der Waals surface area contributed by atoms with Crippen LogP contribution in [0.25, 0.3) is 0 Å². The molecular weight excluding hydrogens is 194 g/mol. The van der Waals surface area contributed by atoms with E-state index in [0.717, 1.165) is 6.42 Å². The Bertz CT molecular complexity index is 298. The second-order valence-electron chi connectivity index (χ2n) is 3.76. The third-order valence-corrected chi connectivity index (χ3v) is 3.42. The maximum Gasteiger partial charge on any atom is 0.212 e. The lowest BCUT2D eigenvalue weighted by molar-refractivity contribution is -0.0352. The first-order valence-electron chi connectivity index (χ1n) is 4.25. The molecule has 13 heavy (non-hydrogen) atoms. The van der Waals surface area contributed by atoms with Gasteiger partial charge in [-0.05, 0) is 6.42 Å². The molecule has 2 unspecified atom stereocenters. The van der Waals surface area contributed by atoms with Gasteiger partial charge in [-0.3, -0.25) is 0 Å². The zero-order valence-corrected chi connectivity index (χ0v) is 8.05. The van der Waals surface area contributed by atoms with Crippen molar-refractivity contribution in [2.24, 2.45) is 5.14 Å². The van der Waals surface area contributed by atoms with Crippen LogP contribution in [0, 0.1) is 0 Å². The summed E-state index contributed by atoms with van der Waals surface area (Å²) in [6, 6.07) is 0. The topological polar surface area (TPSA) is 78.6 Å². The van der Waals surface area contributed by atoms with Gasteiger partial charge in [-0.1, -0.05) is 0 Å². The third-order valence-electron chi connectivity index (χ3n) is 2.49. The Morgan fingerprint density at radius 1 is 1.54 bits per heavy atom. The van der Waals surface area contributed by atoms with E-state index >= 15 is 0 Å². The van der Waals surface area contributed by atoms with Gasteiger partial charge in [0.25, 0.3) is 0 Å². The number of nitrogens with two attached hydrogens (primary N) is 1. The van der Waals surface area contributed by atoms with Crippen molar-refractivity contribution >= 4 is 10.0 Å². The van der Waals surface area contributed by atoms with E-state index in [9.17, 15) is 8.42 Å². The van der Waals surface area contributed by atoms with Crippen LogP contribution >= 0.6 is 0 Å². The molecule has 0 amide bonds. The van der Waals surface area contributed by atoms with E-state index in [1.165, 1.54) is 0 Å². The summed E-state index contributed by atoms with van der Waals surface area (Å²) in [6.07, 6.45) is 1.67. The van der Waals surface area contributed by atoms with E-state index < -0.39 is 15.6 Å². The molecule has 0 aromatic heterocycles. The summed E-state index contributed by atoms with van der Waals surface area (Å²) in [7, 11) is -3.47. The molecule has 2 N–H and O–H groups in total. The van der Waals surface area contributed by atoms with Crippen LogP contribution in [0.15, 0.2) is 0 Å². The first kappa shape index (κ1) is 9.39. The molecule has 2 aliphatic rings. The van der Waals surface area contributed by atoms with Crippen LogP contribution in [0.1, 0.15) is 12.8 Å². The summed E-state index contributed by atoms with van der Waals surface area (Å²) in [5.74, 6) is -0.128. The van der Waals surface area contributed by atoms with Gasteiger partial charge in [-0.2, -0.15) is 0 Å². The molecule has 0 aromatic rings. The lowest BCUT2D eigenvalue weighted by Gasteiger charge is -2.30. The number of hydrogen-bond donors (Lipinski definition) is 1. The summed E-state index contributed by atoms with van der Waals surface area (Å²) >= 11 is 0. The van der Waals surface area contributed by atoms with Crippen molar-refractivity contribution in [1.82, 2.24) is 0 Å². The van der Waals surface area contributed by atoms with E-state index in [1.54, 1.807) is 0 Å². The van der Waals surface area contributed by atoms with Crippen molar-refractivity contribution in [2.75, 3.05) is 19.0 Å². The predicted molar refractivity (Wildman–Crippen MR) is 45.6 cm³/mol. The highest BCUT2D eigenvalue weighted by atomic mass is 32.2. The SMILES string of the molecule is NS(=O)(=O)CC12COC(CCO1)C2. The van der Waals surface area contributed by atoms with Crippen LogP contribution in [0.5, 0.6) is 0 Å². The minimum absolute atomic E-state index is 0.128. The number of primary sulfonamides is 1. The van der Waals surface area contributed by atoms with E-state index in [0.29, 0.717) is 19.6 Å². The summed E-state index contributed by atoms with van der Waals surface area (Å²) in [4.78, 5) is 0. The number of rotatable bonds is 2. The van der Waals surface area contributed by atoms with Gasteiger partial charge in [0.15, 0.2) is 0 Å². The summed E-state index contributed by atoms with van der Waals surface area (Å²) < 4.78 is 32.7. The molecule has 6 heteroatoms. The minimum atomic E-state index is -3.47. The van der Waals surface area contributed by atoms with Crippen molar-refractivity contribution in [1.29, 1.82) is 0 Å². The first-order chi connectivity index (χ1) is 5.99. The van der Waals surface area contributed by atoms with Gasteiger partial charge in [0.1, 0.15) is 5.60 Å². The van der Waals surface area contributed by atoms with Gasteiger partial charge in [0.05, 0.1) is 18.5 Å². The standard InChI is InChI=1S/C7H13NO4S/c8-13(9,10)5-7-3-6(11-4-7)1-2-12-7/h6H,1-5H2,(H2,8,9,10). The normalized spacial score (nSPS) is 39.3. The molecular formula is C7H13NO4S. The fourth-order valence-corrected chi connectivity index (χ4v) is 3.02. The zero-order valence-electron chi connectivity index (χ0n) is 7.23. The van der Waals surface area contributed by atoms with Crippen molar-refractivity contribution in [3.8, 4) is 0 Å². The lowest BCUT2D eigenvalue weighted by atomic mass is 9.98. The minimum Gasteiger partial charge on any atom is -0.375 e. The average Bonchev–Trinajstić information content (AvgIpc) is 2.23. The molecule has 76 valence electrons. The molecule has 0 spiro atoms. The average molecular weight is 207 g/mol. The summed E-state index contributed by atoms with van der Waals surface area (Å²) in [5.41, 5.74) is -0.656. The van der Waals surface area contributed by atoms with Gasteiger partial charge < -0.3 is 9.47 Å². The van der Waals surface area contributed by atoms with Crippen LogP contribution < -0.4 is 5.14 Å². The number of ether oxygens (including phenoxy) is 2. The van der Waals surface area contributed by atoms with E-state index in [-0.39, 0.29) is 11.9 Å². The smallest absolute Gasteiger partial charge is 0.212 e. The highest BCUT2D eigenvalue weighted by Crippen LogP contribution is 2.34. The highest BCUT2D eigenvalue weighted by Gasteiger charge is 2.46. The lowest BCUT2D eigenvalue weighted by Crippen LogP contribution is -2.45. The summed E-state index contributed by atoms with van der Waals surface area (Å²) in [6.45, 7) is 0.925. The van der Waals surface area contributed by atoms with E-state index in [4.69, 9.17) is 14.6 Å². The van der Waals surface area contributed by atoms with Crippen molar-refractivity contribution < 1.29 is 17.9 Å².